The van der Waals surface area contributed by atoms with Crippen LogP contribution in [0, 0.1) is 17.3 Å². The van der Waals surface area contributed by atoms with Crippen molar-refractivity contribution in [2.45, 2.75) is 25.1 Å². The first kappa shape index (κ1) is 7.74. The van der Waals surface area contributed by atoms with Gasteiger partial charge in [0.05, 0.1) is 12.6 Å². The number of carbonyl (C=O) groups is 1. The third kappa shape index (κ3) is 0.611. The first-order valence-corrected chi connectivity index (χ1v) is 4.78. The number of halogens is 1. The number of rotatable bonds is 1. The molecule has 3 rings (SSSR count). The summed E-state index contributed by atoms with van der Waals surface area (Å²) in [6.07, 6.45) is 0.676. The maximum absolute atomic E-state index is 13.6. The molecule has 0 aromatic rings. The number of aliphatic hydroxyl groups is 1. The maximum atomic E-state index is 13.6. The Morgan fingerprint density at radius 3 is 2.62 bits per heavy atom. The molecule has 1 amide bonds. The molecule has 0 bridgehead atoms. The second-order valence-corrected chi connectivity index (χ2v) is 4.40. The van der Waals surface area contributed by atoms with E-state index in [1.807, 2.05) is 0 Å². The Hall–Kier alpha value is -0.640. The van der Waals surface area contributed by atoms with E-state index >= 15 is 0 Å². The van der Waals surface area contributed by atoms with Crippen LogP contribution in [0.3, 0.4) is 0 Å². The van der Waals surface area contributed by atoms with Crippen LogP contribution in [0.1, 0.15) is 12.8 Å². The SMILES string of the molecule is O=C1N[C@H](CO)C2(C3CCC32)[C@@H]1F. The Kier molecular flexibility index (Phi) is 1.22. The first-order chi connectivity index (χ1) is 6.22. The van der Waals surface area contributed by atoms with Gasteiger partial charge in [0.2, 0.25) is 0 Å². The summed E-state index contributed by atoms with van der Waals surface area (Å²) in [5.41, 5.74) is -0.508. The highest BCUT2D eigenvalue weighted by Crippen LogP contribution is 2.75. The summed E-state index contributed by atoms with van der Waals surface area (Å²) < 4.78 is 13.6. The van der Waals surface area contributed by atoms with Crippen molar-refractivity contribution in [1.29, 1.82) is 0 Å². The summed E-state index contributed by atoms with van der Waals surface area (Å²) in [7, 11) is 0. The molecule has 2 saturated carbocycles. The van der Waals surface area contributed by atoms with Gasteiger partial charge in [0.1, 0.15) is 0 Å². The van der Waals surface area contributed by atoms with Gasteiger partial charge in [-0.05, 0) is 24.7 Å². The molecule has 2 aliphatic carbocycles. The average Bonchev–Trinajstić information content (AvgIpc) is 2.46. The van der Waals surface area contributed by atoms with Gasteiger partial charge in [-0.2, -0.15) is 0 Å². The molecule has 3 fully saturated rings. The number of alkyl halides is 1. The lowest BCUT2D eigenvalue weighted by molar-refractivity contribution is -0.124. The molecule has 1 heterocycles. The van der Waals surface area contributed by atoms with E-state index < -0.39 is 17.5 Å². The minimum Gasteiger partial charge on any atom is -0.394 e. The van der Waals surface area contributed by atoms with Crippen molar-refractivity contribution in [2.75, 3.05) is 6.61 Å². The Bertz CT molecular complexity index is 271. The number of hydrogen-bond acceptors (Lipinski definition) is 2. The fraction of sp³-hybridized carbons (Fsp3) is 0.889. The molecule has 1 aliphatic heterocycles. The van der Waals surface area contributed by atoms with Gasteiger partial charge in [-0.15, -0.1) is 0 Å². The lowest BCUT2D eigenvalue weighted by Gasteiger charge is -2.16. The lowest BCUT2D eigenvalue weighted by atomic mass is 9.93. The third-order valence-corrected chi connectivity index (χ3v) is 4.22. The van der Waals surface area contributed by atoms with Crippen LogP contribution in [0.15, 0.2) is 0 Å². The van der Waals surface area contributed by atoms with E-state index in [2.05, 4.69) is 5.32 Å². The minimum absolute atomic E-state index is 0.126. The molecule has 13 heavy (non-hydrogen) atoms. The Morgan fingerprint density at radius 1 is 1.54 bits per heavy atom. The summed E-state index contributed by atoms with van der Waals surface area (Å²) in [5.74, 6) is 0.200. The molecule has 0 aromatic carbocycles. The molecule has 0 radical (unpaired) electrons. The molecular formula is C9H12FNO2. The van der Waals surface area contributed by atoms with Crippen LogP contribution in [0.4, 0.5) is 4.39 Å². The van der Waals surface area contributed by atoms with E-state index in [0.29, 0.717) is 11.8 Å². The van der Waals surface area contributed by atoms with Gasteiger partial charge in [-0.3, -0.25) is 4.79 Å². The van der Waals surface area contributed by atoms with Crippen LogP contribution in [-0.2, 0) is 4.79 Å². The predicted molar refractivity (Wildman–Crippen MR) is 42.6 cm³/mol. The number of fused-ring (bicyclic) bond motifs is 3. The number of hydrogen-bond donors (Lipinski definition) is 2. The molecule has 72 valence electrons. The molecule has 1 spiro atoms. The van der Waals surface area contributed by atoms with Crippen LogP contribution in [0.25, 0.3) is 0 Å². The normalized spacial score (nSPS) is 57.2. The zero-order chi connectivity index (χ0) is 9.22. The standard InChI is InChI=1S/C9H12FNO2/c10-7-8(13)11-6(3-12)9(7)4-1-2-5(4)9/h4-7,12H,1-3H2,(H,11,13)/t4?,5?,6-,7-,9?/m1/s1. The van der Waals surface area contributed by atoms with Crippen LogP contribution in [0.2, 0.25) is 0 Å². The smallest absolute Gasteiger partial charge is 0.255 e. The molecule has 2 unspecified atom stereocenters. The van der Waals surface area contributed by atoms with Crippen LogP contribution < -0.4 is 5.32 Å². The van der Waals surface area contributed by atoms with Crippen molar-refractivity contribution in [2.24, 2.45) is 17.3 Å². The van der Waals surface area contributed by atoms with Crippen molar-refractivity contribution in [3.8, 4) is 0 Å². The summed E-state index contributed by atoms with van der Waals surface area (Å²) in [4.78, 5) is 11.1. The second-order valence-electron chi connectivity index (χ2n) is 4.40. The highest BCUT2D eigenvalue weighted by Gasteiger charge is 2.79. The van der Waals surface area contributed by atoms with Crippen molar-refractivity contribution in [3.63, 3.8) is 0 Å². The van der Waals surface area contributed by atoms with Crippen LogP contribution >= 0.6 is 0 Å². The van der Waals surface area contributed by atoms with Gasteiger partial charge < -0.3 is 10.4 Å². The Labute approximate surface area is 75.3 Å². The average molecular weight is 185 g/mol. The zero-order valence-electron chi connectivity index (χ0n) is 7.16. The number of carbonyl (C=O) groups excluding carboxylic acids is 1. The highest BCUT2D eigenvalue weighted by atomic mass is 19.1. The summed E-state index contributed by atoms with van der Waals surface area (Å²) in [6, 6.07) is -0.326. The molecule has 3 aliphatic rings. The number of amides is 1. The Morgan fingerprint density at radius 2 is 2.15 bits per heavy atom. The molecule has 4 heteroatoms. The first-order valence-electron chi connectivity index (χ1n) is 4.78. The summed E-state index contributed by atoms with van der Waals surface area (Å²) in [6.45, 7) is -0.126. The van der Waals surface area contributed by atoms with E-state index in [1.54, 1.807) is 0 Å². The zero-order valence-corrected chi connectivity index (χ0v) is 7.16. The van der Waals surface area contributed by atoms with Gasteiger partial charge >= 0.3 is 0 Å². The van der Waals surface area contributed by atoms with Gasteiger partial charge in [0.15, 0.2) is 6.17 Å². The van der Waals surface area contributed by atoms with E-state index in [9.17, 15) is 9.18 Å². The second kappa shape index (κ2) is 2.05. The Balaban J connectivity index is 1.96. The summed E-state index contributed by atoms with van der Waals surface area (Å²) in [5, 5.41) is 11.6. The fourth-order valence-corrected chi connectivity index (χ4v) is 3.46. The largest absolute Gasteiger partial charge is 0.394 e. The van der Waals surface area contributed by atoms with Gasteiger partial charge in [-0.25, -0.2) is 4.39 Å². The third-order valence-electron chi connectivity index (χ3n) is 4.22. The molecule has 0 aromatic heterocycles. The van der Waals surface area contributed by atoms with Crippen LogP contribution in [0.5, 0.6) is 0 Å². The van der Waals surface area contributed by atoms with E-state index in [-0.39, 0.29) is 12.6 Å². The lowest BCUT2D eigenvalue weighted by Crippen LogP contribution is -2.34. The van der Waals surface area contributed by atoms with E-state index in [1.165, 1.54) is 0 Å². The highest BCUT2D eigenvalue weighted by molar-refractivity contribution is 5.86. The molecule has 4 atom stereocenters. The van der Waals surface area contributed by atoms with E-state index in [0.717, 1.165) is 12.8 Å². The molecule has 3 nitrogen and oxygen atoms in total. The fourth-order valence-electron chi connectivity index (χ4n) is 3.46. The molecular weight excluding hydrogens is 173 g/mol. The topological polar surface area (TPSA) is 49.3 Å². The predicted octanol–water partition coefficient (Wildman–Crippen LogP) is -0.159. The van der Waals surface area contributed by atoms with Gasteiger partial charge in [0, 0.05) is 5.41 Å². The van der Waals surface area contributed by atoms with Gasteiger partial charge in [-0.1, -0.05) is 0 Å². The van der Waals surface area contributed by atoms with Crippen LogP contribution in [-0.4, -0.2) is 29.8 Å². The minimum atomic E-state index is -1.37. The summed E-state index contributed by atoms with van der Waals surface area (Å²) >= 11 is 0. The van der Waals surface area contributed by atoms with Crippen molar-refractivity contribution >= 4 is 5.91 Å². The number of aliphatic hydroxyl groups excluding tert-OH is 1. The molecule has 2 N–H and O–H groups in total. The number of nitrogens with one attached hydrogen (secondary N) is 1. The maximum Gasteiger partial charge on any atom is 0.255 e. The monoisotopic (exact) mass is 185 g/mol. The molecule has 1 saturated heterocycles. The van der Waals surface area contributed by atoms with Crippen molar-refractivity contribution < 1.29 is 14.3 Å². The van der Waals surface area contributed by atoms with Gasteiger partial charge in [0.25, 0.3) is 5.91 Å². The van der Waals surface area contributed by atoms with Crippen molar-refractivity contribution in [1.82, 2.24) is 5.32 Å². The quantitative estimate of drug-likeness (QED) is 0.596. The van der Waals surface area contributed by atoms with E-state index in [4.69, 9.17) is 5.11 Å². The van der Waals surface area contributed by atoms with Crippen molar-refractivity contribution in [3.05, 3.63) is 0 Å².